The summed E-state index contributed by atoms with van der Waals surface area (Å²) in [6.45, 7) is 5.32. The normalized spacial score (nSPS) is 11.5. The molecule has 3 rings (SSSR count). The maximum absolute atomic E-state index is 13.0. The summed E-state index contributed by atoms with van der Waals surface area (Å²) in [4.78, 5) is 31.7. The van der Waals surface area contributed by atoms with Crippen LogP contribution in [0, 0.1) is 24.0 Å². The molecule has 1 heterocycles. The number of nitro groups is 1. The highest BCUT2D eigenvalue weighted by atomic mass is 32.1. The average Bonchev–Trinajstić information content (AvgIpc) is 3.09. The number of carbonyl (C=O) groups is 1. The standard InChI is InChI=1S/C22H24N4O3S/c1-15-13-19-20(14-16(15)2)30-22(23-19)25(12-11-24(3)4)21(27)10-7-17-5-8-18(9-6-17)26(28)29/h5-10,13-14H,11-12H2,1-4H3. The molecule has 8 heteroatoms. The van der Waals surface area contributed by atoms with Crippen molar-refractivity contribution >= 4 is 44.4 Å². The number of hydrogen-bond donors (Lipinski definition) is 0. The summed E-state index contributed by atoms with van der Waals surface area (Å²) < 4.78 is 1.05. The third-order valence-corrected chi connectivity index (χ3v) is 5.82. The summed E-state index contributed by atoms with van der Waals surface area (Å²) in [5.41, 5.74) is 3.99. The Bertz CT molecular complexity index is 1060. The minimum atomic E-state index is -0.446. The maximum Gasteiger partial charge on any atom is 0.269 e. The third kappa shape index (κ3) is 5.08. The first-order valence-corrected chi connectivity index (χ1v) is 10.3. The van der Waals surface area contributed by atoms with Crippen LogP contribution < -0.4 is 4.90 Å². The Morgan fingerprint density at radius 1 is 1.13 bits per heavy atom. The van der Waals surface area contributed by atoms with Crippen LogP contribution in [0.4, 0.5) is 10.8 Å². The van der Waals surface area contributed by atoms with Gasteiger partial charge in [0.05, 0.1) is 15.1 Å². The van der Waals surface area contributed by atoms with Crippen molar-refractivity contribution in [3.05, 3.63) is 69.3 Å². The molecule has 0 atom stereocenters. The van der Waals surface area contributed by atoms with Crippen LogP contribution in [0.3, 0.4) is 0 Å². The Balaban J connectivity index is 1.87. The van der Waals surface area contributed by atoms with Crippen molar-refractivity contribution in [2.75, 3.05) is 32.1 Å². The van der Waals surface area contributed by atoms with Crippen LogP contribution in [0.25, 0.3) is 16.3 Å². The molecule has 0 unspecified atom stereocenters. The highest BCUT2D eigenvalue weighted by Gasteiger charge is 2.18. The highest BCUT2D eigenvalue weighted by Crippen LogP contribution is 2.31. The smallest absolute Gasteiger partial charge is 0.269 e. The fraction of sp³-hybridized carbons (Fsp3) is 0.273. The van der Waals surface area contributed by atoms with Gasteiger partial charge in [-0.2, -0.15) is 0 Å². The number of nitro benzene ring substituents is 1. The summed E-state index contributed by atoms with van der Waals surface area (Å²) in [7, 11) is 3.92. The number of aryl methyl sites for hydroxylation is 2. The summed E-state index contributed by atoms with van der Waals surface area (Å²) in [6.07, 6.45) is 3.15. The van der Waals surface area contributed by atoms with E-state index in [1.54, 1.807) is 23.1 Å². The first-order valence-electron chi connectivity index (χ1n) is 9.51. The van der Waals surface area contributed by atoms with Crippen LogP contribution in [0.5, 0.6) is 0 Å². The second kappa shape index (κ2) is 9.15. The number of non-ortho nitro benzene ring substituents is 1. The van der Waals surface area contributed by atoms with E-state index in [9.17, 15) is 14.9 Å². The number of thiazole rings is 1. The molecule has 0 saturated carbocycles. The lowest BCUT2D eigenvalue weighted by Crippen LogP contribution is -2.35. The lowest BCUT2D eigenvalue weighted by Gasteiger charge is -2.20. The van der Waals surface area contributed by atoms with E-state index in [0.29, 0.717) is 18.2 Å². The van der Waals surface area contributed by atoms with Crippen LogP contribution in [0.2, 0.25) is 0 Å². The van der Waals surface area contributed by atoms with E-state index in [2.05, 4.69) is 19.9 Å². The topological polar surface area (TPSA) is 79.6 Å². The van der Waals surface area contributed by atoms with E-state index >= 15 is 0 Å². The summed E-state index contributed by atoms with van der Waals surface area (Å²) >= 11 is 1.50. The molecular weight excluding hydrogens is 400 g/mol. The lowest BCUT2D eigenvalue weighted by molar-refractivity contribution is -0.384. The van der Waals surface area contributed by atoms with Gasteiger partial charge in [-0.05, 0) is 75.0 Å². The Morgan fingerprint density at radius 2 is 1.80 bits per heavy atom. The van der Waals surface area contributed by atoms with E-state index in [-0.39, 0.29) is 11.6 Å². The third-order valence-electron chi connectivity index (χ3n) is 4.78. The van der Waals surface area contributed by atoms with Gasteiger partial charge in [-0.1, -0.05) is 11.3 Å². The molecule has 0 bridgehead atoms. The van der Waals surface area contributed by atoms with Crippen molar-refractivity contribution < 1.29 is 9.72 Å². The largest absolute Gasteiger partial charge is 0.308 e. The molecule has 0 aliphatic rings. The van der Waals surface area contributed by atoms with Gasteiger partial charge in [-0.15, -0.1) is 0 Å². The number of nitrogens with zero attached hydrogens (tertiary/aromatic N) is 4. The second-order valence-electron chi connectivity index (χ2n) is 7.38. The van der Waals surface area contributed by atoms with E-state index in [1.807, 2.05) is 25.1 Å². The summed E-state index contributed by atoms with van der Waals surface area (Å²) in [5.74, 6) is -0.178. The minimum absolute atomic E-state index is 0.0196. The van der Waals surface area contributed by atoms with Crippen molar-refractivity contribution in [2.45, 2.75) is 13.8 Å². The zero-order valence-corrected chi connectivity index (χ0v) is 18.3. The monoisotopic (exact) mass is 424 g/mol. The molecule has 156 valence electrons. The molecule has 0 saturated heterocycles. The van der Waals surface area contributed by atoms with Crippen molar-refractivity contribution in [2.24, 2.45) is 0 Å². The number of aromatic nitrogens is 1. The lowest BCUT2D eigenvalue weighted by atomic mass is 10.1. The van der Waals surface area contributed by atoms with Crippen molar-refractivity contribution in [3.63, 3.8) is 0 Å². The Kier molecular flexibility index (Phi) is 6.59. The molecule has 0 aliphatic heterocycles. The fourth-order valence-corrected chi connectivity index (χ4v) is 3.92. The van der Waals surface area contributed by atoms with Gasteiger partial charge >= 0.3 is 0 Å². The van der Waals surface area contributed by atoms with Crippen LogP contribution in [0.15, 0.2) is 42.5 Å². The number of anilines is 1. The second-order valence-corrected chi connectivity index (χ2v) is 8.38. The maximum atomic E-state index is 13.0. The number of rotatable bonds is 7. The molecule has 0 spiro atoms. The average molecular weight is 425 g/mol. The Morgan fingerprint density at radius 3 is 2.43 bits per heavy atom. The molecule has 0 aliphatic carbocycles. The van der Waals surface area contributed by atoms with E-state index in [1.165, 1.54) is 40.7 Å². The predicted octanol–water partition coefficient (Wildman–Crippen LogP) is 4.43. The summed E-state index contributed by atoms with van der Waals surface area (Å²) in [6, 6.07) is 10.2. The van der Waals surface area contributed by atoms with Gasteiger partial charge in [0.15, 0.2) is 5.13 Å². The number of benzene rings is 2. The van der Waals surface area contributed by atoms with Crippen LogP contribution in [-0.4, -0.2) is 47.9 Å². The van der Waals surface area contributed by atoms with Crippen molar-refractivity contribution in [3.8, 4) is 0 Å². The van der Waals surface area contributed by atoms with Gasteiger partial charge < -0.3 is 4.90 Å². The van der Waals surface area contributed by atoms with Crippen molar-refractivity contribution in [1.29, 1.82) is 0 Å². The minimum Gasteiger partial charge on any atom is -0.308 e. The zero-order chi connectivity index (χ0) is 21.8. The molecule has 7 nitrogen and oxygen atoms in total. The van der Waals surface area contributed by atoms with Crippen LogP contribution in [-0.2, 0) is 4.79 Å². The van der Waals surface area contributed by atoms with Gasteiger partial charge in [0.2, 0.25) is 0 Å². The number of fused-ring (bicyclic) bond motifs is 1. The van der Waals surface area contributed by atoms with Gasteiger partial charge in [0.1, 0.15) is 0 Å². The predicted molar refractivity (Wildman–Crippen MR) is 122 cm³/mol. The van der Waals surface area contributed by atoms with Crippen LogP contribution in [0.1, 0.15) is 16.7 Å². The van der Waals surface area contributed by atoms with Gasteiger partial charge in [0, 0.05) is 31.3 Å². The van der Waals surface area contributed by atoms with Crippen molar-refractivity contribution in [1.82, 2.24) is 9.88 Å². The van der Waals surface area contributed by atoms with Crippen LogP contribution >= 0.6 is 11.3 Å². The number of carbonyl (C=O) groups excluding carboxylic acids is 1. The molecule has 30 heavy (non-hydrogen) atoms. The number of amides is 1. The molecule has 1 aromatic heterocycles. The molecule has 0 radical (unpaired) electrons. The molecule has 2 aromatic carbocycles. The van der Waals surface area contributed by atoms with E-state index in [0.717, 1.165) is 15.8 Å². The highest BCUT2D eigenvalue weighted by molar-refractivity contribution is 7.22. The molecular formula is C22H24N4O3S. The number of likely N-dealkylation sites (N-methyl/N-ethyl adjacent to an activating group) is 1. The van der Waals surface area contributed by atoms with E-state index in [4.69, 9.17) is 4.98 Å². The summed E-state index contributed by atoms with van der Waals surface area (Å²) in [5, 5.41) is 11.4. The Hall–Kier alpha value is -3.10. The van der Waals surface area contributed by atoms with Gasteiger partial charge in [0.25, 0.3) is 11.6 Å². The number of hydrogen-bond acceptors (Lipinski definition) is 6. The molecule has 3 aromatic rings. The van der Waals surface area contributed by atoms with E-state index < -0.39 is 4.92 Å². The molecule has 0 N–H and O–H groups in total. The fourth-order valence-electron chi connectivity index (χ4n) is 2.85. The zero-order valence-electron chi connectivity index (χ0n) is 17.5. The Labute approximate surface area is 179 Å². The van der Waals surface area contributed by atoms with Gasteiger partial charge in [-0.3, -0.25) is 19.8 Å². The molecule has 1 amide bonds. The first kappa shape index (κ1) is 21.6. The molecule has 0 fully saturated rings. The first-order chi connectivity index (χ1) is 14.2. The quantitative estimate of drug-likeness (QED) is 0.318. The SMILES string of the molecule is Cc1cc2nc(N(CCN(C)C)C(=O)C=Cc3ccc([N+](=O)[O-])cc3)sc2cc1C. The van der Waals surface area contributed by atoms with Gasteiger partial charge in [-0.25, -0.2) is 4.98 Å².